The lowest BCUT2D eigenvalue weighted by atomic mass is 10.00. The van der Waals surface area contributed by atoms with Gasteiger partial charge in [-0.15, -0.1) is 0 Å². The number of nitrogens with one attached hydrogen (secondary N) is 13. The number of benzene rings is 2. The number of aromatic nitrogens is 2. The van der Waals surface area contributed by atoms with Crippen LogP contribution in [0.4, 0.5) is 24.0 Å². The van der Waals surface area contributed by atoms with Crippen LogP contribution in [0.1, 0.15) is 111 Å². The maximum Gasteiger partial charge on any atom is 0.315 e. The molecule has 6 atom stereocenters. The lowest BCUT2D eigenvalue weighted by Crippen LogP contribution is -2.55. The number of urea groups is 5. The molecule has 0 aliphatic rings. The normalized spacial score (nSPS) is 13.8. The monoisotopic (exact) mass is 1040 g/mol. The molecule has 21 nitrogen and oxygen atoms in total. The smallest absolute Gasteiger partial charge is 0.315 e. The number of nitrogens with two attached hydrogens (primary N) is 2. The molecule has 0 saturated carbocycles. The maximum absolute atomic E-state index is 13.4. The van der Waals surface area contributed by atoms with Gasteiger partial charge in [0.05, 0.1) is 6.04 Å². The summed E-state index contributed by atoms with van der Waals surface area (Å²) in [5, 5.41) is 34.7. The molecule has 75 heavy (non-hydrogen) atoms. The van der Waals surface area contributed by atoms with Gasteiger partial charge in [-0.05, 0) is 114 Å². The number of carbonyl (C=O) groups is 6. The number of fused-ring (bicyclic) bond motifs is 2. The first-order valence-corrected chi connectivity index (χ1v) is 27.0. The Bertz CT molecular complexity index is 2370. The van der Waals surface area contributed by atoms with E-state index in [2.05, 4.69) is 74.5 Å². The first-order chi connectivity index (χ1) is 35.9. The van der Waals surface area contributed by atoms with E-state index >= 15 is 0 Å². The fourth-order valence-corrected chi connectivity index (χ4v) is 8.78. The van der Waals surface area contributed by atoms with E-state index in [1.165, 1.54) is 0 Å². The van der Waals surface area contributed by atoms with Crippen molar-refractivity contribution in [1.82, 2.24) is 68.5 Å². The molecule has 21 heteroatoms. The summed E-state index contributed by atoms with van der Waals surface area (Å²) in [5.41, 5.74) is 15.7. The van der Waals surface area contributed by atoms with Crippen LogP contribution in [-0.2, 0) is 17.6 Å². The minimum absolute atomic E-state index is 0.0127. The molecule has 0 spiro atoms. The molecule has 2 heterocycles. The van der Waals surface area contributed by atoms with Gasteiger partial charge in [0, 0.05) is 103 Å². The van der Waals surface area contributed by atoms with Gasteiger partial charge in [0.15, 0.2) is 0 Å². The van der Waals surface area contributed by atoms with Gasteiger partial charge in [-0.3, -0.25) is 4.79 Å². The largest absolute Gasteiger partial charge is 0.361 e. The SMILES string of the molecule is CC(C)NC(=O)N[C@H](CCC(=O)N[C@H](CNC(=O)N[C@@H](CCCCN)CNC(=O)N[C@H](CNC(=O)N[C@@H](CCCCN)CNC(=O)N[C@H](C)Cc1c[nH]c2ccccc12)C(C)C)C(C)C)Cc1c[nH]c2ccccc12. The van der Waals surface area contributed by atoms with E-state index in [-0.39, 0.29) is 92.6 Å². The summed E-state index contributed by atoms with van der Waals surface area (Å²) >= 11 is 0. The fourth-order valence-electron chi connectivity index (χ4n) is 8.78. The Morgan fingerprint density at radius 2 is 0.907 bits per heavy atom. The number of hydrogen-bond donors (Lipinski definition) is 15. The molecule has 0 bridgehead atoms. The zero-order chi connectivity index (χ0) is 54.7. The predicted molar refractivity (Wildman–Crippen MR) is 298 cm³/mol. The van der Waals surface area contributed by atoms with Crippen LogP contribution < -0.4 is 70.0 Å². The molecule has 0 fully saturated rings. The number of aromatic amines is 2. The van der Waals surface area contributed by atoms with Crippen molar-refractivity contribution >= 4 is 57.9 Å². The van der Waals surface area contributed by atoms with Crippen LogP contribution in [0, 0.1) is 11.8 Å². The van der Waals surface area contributed by atoms with Crippen LogP contribution in [0.25, 0.3) is 21.8 Å². The molecule has 4 rings (SSSR count). The average Bonchev–Trinajstić information content (AvgIpc) is 3.97. The van der Waals surface area contributed by atoms with E-state index in [1.807, 2.05) is 103 Å². The zero-order valence-electron chi connectivity index (χ0n) is 45.4. The standard InChI is InChI=1S/C54H89N15O6/c1-34(2)47(68-49(70)23-22-40(65-54(75)63-36(5)6)27-39-29-58-46-21-11-9-19-44(39)46)32-61-51(72)67-42(17-13-15-25-56)31-60-53(74)69-48(35(3)4)33-62-52(73)66-41(16-12-14-24-55)30-59-50(71)64-37(7)26-38-28-57-45-20-10-8-18-43(38)45/h8-11,18-21,28-29,34-37,40-42,47-48,57-58H,12-17,22-27,30-33,55-56H2,1-7H3,(H,68,70)(H2,59,64,71)(H2,60,69,74)(H2,61,67,72)(H2,62,66,73)(H2,63,65,75)/t37-,40-,41+,42+,47-,48-/m1/s1. The highest BCUT2D eigenvalue weighted by Gasteiger charge is 2.24. The highest BCUT2D eigenvalue weighted by atomic mass is 16.2. The van der Waals surface area contributed by atoms with Crippen molar-refractivity contribution in [3.63, 3.8) is 0 Å². The third kappa shape index (κ3) is 22.7. The topological polar surface area (TPSA) is 318 Å². The van der Waals surface area contributed by atoms with Crippen molar-refractivity contribution in [2.24, 2.45) is 23.3 Å². The van der Waals surface area contributed by atoms with Gasteiger partial charge in [-0.1, -0.05) is 76.9 Å². The third-order valence-corrected chi connectivity index (χ3v) is 13.1. The van der Waals surface area contributed by atoms with E-state index in [9.17, 15) is 28.8 Å². The Labute approximate surface area is 443 Å². The molecular formula is C54H89N15O6. The van der Waals surface area contributed by atoms with Crippen molar-refractivity contribution in [2.75, 3.05) is 39.3 Å². The first-order valence-electron chi connectivity index (χ1n) is 27.0. The Balaban J connectivity index is 1.22. The summed E-state index contributed by atoms with van der Waals surface area (Å²) in [7, 11) is 0. The second-order valence-corrected chi connectivity index (χ2v) is 20.7. The van der Waals surface area contributed by atoms with E-state index in [0.717, 1.165) is 58.6 Å². The molecule has 17 N–H and O–H groups in total. The summed E-state index contributed by atoms with van der Waals surface area (Å²) in [4.78, 5) is 85.5. The Morgan fingerprint density at radius 1 is 0.467 bits per heavy atom. The Kier molecular flexibility index (Phi) is 26.4. The summed E-state index contributed by atoms with van der Waals surface area (Å²) in [6.45, 7) is 15.1. The van der Waals surface area contributed by atoms with Crippen molar-refractivity contribution in [3.8, 4) is 0 Å². The number of H-pyrrole nitrogens is 2. The summed E-state index contributed by atoms with van der Waals surface area (Å²) < 4.78 is 0. The van der Waals surface area contributed by atoms with E-state index in [4.69, 9.17) is 11.5 Å². The predicted octanol–water partition coefficient (Wildman–Crippen LogP) is 5.04. The third-order valence-electron chi connectivity index (χ3n) is 13.1. The minimum Gasteiger partial charge on any atom is -0.361 e. The van der Waals surface area contributed by atoms with Crippen molar-refractivity contribution in [1.29, 1.82) is 0 Å². The van der Waals surface area contributed by atoms with Crippen molar-refractivity contribution in [3.05, 3.63) is 72.1 Å². The number of carbonyl (C=O) groups excluding carboxylic acids is 6. The number of para-hydroxylation sites is 2. The number of amides is 11. The van der Waals surface area contributed by atoms with Crippen LogP contribution in [0.2, 0.25) is 0 Å². The van der Waals surface area contributed by atoms with Crippen LogP contribution in [-0.4, -0.2) is 128 Å². The molecule has 416 valence electrons. The van der Waals surface area contributed by atoms with E-state index in [0.29, 0.717) is 45.2 Å². The molecule has 2 aromatic carbocycles. The number of hydrogen-bond acceptors (Lipinski definition) is 8. The molecule has 0 unspecified atom stereocenters. The Morgan fingerprint density at radius 3 is 1.40 bits per heavy atom. The lowest BCUT2D eigenvalue weighted by Gasteiger charge is -2.26. The Hall–Kier alpha value is -6.74. The maximum atomic E-state index is 13.4. The second-order valence-electron chi connectivity index (χ2n) is 20.7. The number of rotatable bonds is 32. The highest BCUT2D eigenvalue weighted by molar-refractivity contribution is 5.84. The van der Waals surface area contributed by atoms with Crippen LogP contribution in [0.5, 0.6) is 0 Å². The average molecular weight is 1040 g/mol. The molecule has 11 amide bonds. The second kappa shape index (κ2) is 32.5. The van der Waals surface area contributed by atoms with E-state index < -0.39 is 30.2 Å². The van der Waals surface area contributed by atoms with Gasteiger partial charge in [-0.25, -0.2) is 24.0 Å². The van der Waals surface area contributed by atoms with Gasteiger partial charge >= 0.3 is 30.2 Å². The lowest BCUT2D eigenvalue weighted by molar-refractivity contribution is -0.122. The molecule has 0 saturated heterocycles. The molecular weight excluding hydrogens is 955 g/mol. The highest BCUT2D eigenvalue weighted by Crippen LogP contribution is 2.21. The molecule has 2 aromatic heterocycles. The quantitative estimate of drug-likeness (QED) is 0.0293. The van der Waals surface area contributed by atoms with E-state index in [1.54, 1.807) is 0 Å². The molecule has 0 aliphatic heterocycles. The molecule has 4 aromatic rings. The molecule has 0 radical (unpaired) electrons. The number of unbranched alkanes of at least 4 members (excludes halogenated alkanes) is 2. The van der Waals surface area contributed by atoms with Gasteiger partial charge in [0.25, 0.3) is 0 Å². The first kappa shape index (κ1) is 60.8. The summed E-state index contributed by atoms with van der Waals surface area (Å²) in [6, 6.07) is 11.9. The summed E-state index contributed by atoms with van der Waals surface area (Å²) in [5.74, 6) is -0.260. The molecule has 0 aliphatic carbocycles. The van der Waals surface area contributed by atoms with Crippen LogP contribution in [0.3, 0.4) is 0 Å². The van der Waals surface area contributed by atoms with Gasteiger partial charge in [0.1, 0.15) is 0 Å². The van der Waals surface area contributed by atoms with Crippen LogP contribution in [0.15, 0.2) is 60.9 Å². The fraction of sp³-hybridized carbons (Fsp3) is 0.593. The van der Waals surface area contributed by atoms with Gasteiger partial charge in [0.2, 0.25) is 5.91 Å². The van der Waals surface area contributed by atoms with Crippen LogP contribution >= 0.6 is 0 Å². The van der Waals surface area contributed by atoms with Gasteiger partial charge < -0.3 is 79.9 Å². The zero-order valence-corrected chi connectivity index (χ0v) is 45.4. The summed E-state index contributed by atoms with van der Waals surface area (Å²) in [6.07, 6.45) is 9.78. The van der Waals surface area contributed by atoms with Crippen molar-refractivity contribution < 1.29 is 28.8 Å². The van der Waals surface area contributed by atoms with Gasteiger partial charge in [-0.2, -0.15) is 0 Å². The minimum atomic E-state index is -0.460. The van der Waals surface area contributed by atoms with Crippen molar-refractivity contribution in [2.45, 2.75) is 155 Å².